The first-order valence-corrected chi connectivity index (χ1v) is 5.75. The molecule has 0 amide bonds. The molecule has 2 nitrogen and oxygen atoms in total. The third kappa shape index (κ3) is 3.61. The minimum absolute atomic E-state index is 0.0980. The maximum absolute atomic E-state index is 8.93. The van der Waals surface area contributed by atoms with E-state index < -0.39 is 0 Å². The molecule has 2 heteroatoms. The zero-order valence-corrected chi connectivity index (χ0v) is 9.67. The van der Waals surface area contributed by atoms with Gasteiger partial charge < -0.3 is 9.84 Å². The molecule has 0 heterocycles. The number of aliphatic hydroxyl groups is 1. The van der Waals surface area contributed by atoms with Crippen LogP contribution < -0.4 is 4.74 Å². The third-order valence-electron chi connectivity index (χ3n) is 2.61. The molecule has 2 rings (SSSR count). The lowest BCUT2D eigenvalue weighted by molar-refractivity contribution is 0.282. The molecule has 0 fully saturated rings. The summed E-state index contributed by atoms with van der Waals surface area (Å²) in [6, 6.07) is 17.7. The zero-order chi connectivity index (χ0) is 11.9. The van der Waals surface area contributed by atoms with Crippen molar-refractivity contribution in [3.8, 4) is 5.75 Å². The molecule has 0 atom stereocenters. The summed E-state index contributed by atoms with van der Waals surface area (Å²) in [6.07, 6.45) is 0.876. The number of rotatable bonds is 5. The number of para-hydroxylation sites is 1. The maximum atomic E-state index is 8.93. The highest BCUT2D eigenvalue weighted by Crippen LogP contribution is 2.10. The number of aliphatic hydroxyl groups excluding tert-OH is 1. The van der Waals surface area contributed by atoms with E-state index in [0.717, 1.165) is 17.7 Å². The van der Waals surface area contributed by atoms with Gasteiger partial charge in [0.25, 0.3) is 0 Å². The van der Waals surface area contributed by atoms with E-state index in [2.05, 4.69) is 0 Å². The molecule has 0 unspecified atom stereocenters. The highest BCUT2D eigenvalue weighted by atomic mass is 16.5. The van der Waals surface area contributed by atoms with Gasteiger partial charge in [-0.1, -0.05) is 42.5 Å². The molecule has 0 aliphatic heterocycles. The van der Waals surface area contributed by atoms with Crippen LogP contribution in [0.4, 0.5) is 0 Å². The minimum atomic E-state index is 0.0980. The molecule has 88 valence electrons. The van der Waals surface area contributed by atoms with Crippen LogP contribution in [0.15, 0.2) is 54.6 Å². The largest absolute Gasteiger partial charge is 0.493 e. The van der Waals surface area contributed by atoms with Gasteiger partial charge in [-0.05, 0) is 23.3 Å². The van der Waals surface area contributed by atoms with E-state index in [9.17, 15) is 0 Å². The molecule has 0 aliphatic rings. The Labute approximate surface area is 101 Å². The number of hydrogen-bond donors (Lipinski definition) is 1. The van der Waals surface area contributed by atoms with Gasteiger partial charge in [0, 0.05) is 6.42 Å². The second kappa shape index (κ2) is 6.06. The highest BCUT2D eigenvalue weighted by Gasteiger charge is 1.95. The molecule has 1 N–H and O–H groups in total. The van der Waals surface area contributed by atoms with E-state index >= 15 is 0 Å². The van der Waals surface area contributed by atoms with E-state index in [0.29, 0.717) is 6.61 Å². The van der Waals surface area contributed by atoms with Crippen molar-refractivity contribution in [1.82, 2.24) is 0 Å². The summed E-state index contributed by atoms with van der Waals surface area (Å²) in [7, 11) is 0. The van der Waals surface area contributed by atoms with Gasteiger partial charge in [-0.15, -0.1) is 0 Å². The van der Waals surface area contributed by atoms with E-state index in [1.165, 1.54) is 5.56 Å². The lowest BCUT2D eigenvalue weighted by atomic mass is 10.1. The summed E-state index contributed by atoms with van der Waals surface area (Å²) < 4.78 is 5.62. The summed E-state index contributed by atoms with van der Waals surface area (Å²) in [4.78, 5) is 0. The Morgan fingerprint density at radius 2 is 1.47 bits per heavy atom. The molecular weight excluding hydrogens is 212 g/mol. The topological polar surface area (TPSA) is 29.5 Å². The summed E-state index contributed by atoms with van der Waals surface area (Å²) in [6.45, 7) is 0.767. The van der Waals surface area contributed by atoms with E-state index in [1.807, 2.05) is 54.6 Å². The minimum Gasteiger partial charge on any atom is -0.493 e. The fourth-order valence-electron chi connectivity index (χ4n) is 1.61. The van der Waals surface area contributed by atoms with Crippen LogP contribution in [0.5, 0.6) is 5.75 Å². The van der Waals surface area contributed by atoms with Gasteiger partial charge in [-0.2, -0.15) is 0 Å². The van der Waals surface area contributed by atoms with Crippen LogP contribution in [0.3, 0.4) is 0 Å². The van der Waals surface area contributed by atoms with Crippen molar-refractivity contribution in [1.29, 1.82) is 0 Å². The Kier molecular flexibility index (Phi) is 4.17. The first kappa shape index (κ1) is 11.7. The Balaban J connectivity index is 1.82. The third-order valence-corrected chi connectivity index (χ3v) is 2.61. The van der Waals surface area contributed by atoms with Gasteiger partial charge in [-0.3, -0.25) is 0 Å². The van der Waals surface area contributed by atoms with Crippen molar-refractivity contribution in [2.45, 2.75) is 13.0 Å². The van der Waals surface area contributed by atoms with Crippen molar-refractivity contribution in [2.24, 2.45) is 0 Å². The van der Waals surface area contributed by atoms with Gasteiger partial charge in [-0.25, -0.2) is 0 Å². The average Bonchev–Trinajstić information content (AvgIpc) is 2.41. The van der Waals surface area contributed by atoms with Crippen LogP contribution >= 0.6 is 0 Å². The molecule has 0 aromatic heterocycles. The van der Waals surface area contributed by atoms with Crippen molar-refractivity contribution in [3.63, 3.8) is 0 Å². The summed E-state index contributed by atoms with van der Waals surface area (Å²) in [5, 5.41) is 8.93. The average molecular weight is 228 g/mol. The number of benzene rings is 2. The van der Waals surface area contributed by atoms with Crippen LogP contribution in [-0.4, -0.2) is 11.7 Å². The molecule has 2 aromatic rings. The molecule has 17 heavy (non-hydrogen) atoms. The van der Waals surface area contributed by atoms with E-state index in [1.54, 1.807) is 0 Å². The SMILES string of the molecule is OCc1ccc(CCOc2ccccc2)cc1. The molecule has 0 bridgehead atoms. The Morgan fingerprint density at radius 1 is 0.824 bits per heavy atom. The first-order chi connectivity index (χ1) is 8.38. The lowest BCUT2D eigenvalue weighted by Gasteiger charge is -2.06. The second-order valence-corrected chi connectivity index (χ2v) is 3.89. The molecule has 0 saturated carbocycles. The quantitative estimate of drug-likeness (QED) is 0.852. The fourth-order valence-corrected chi connectivity index (χ4v) is 1.61. The standard InChI is InChI=1S/C15H16O2/c16-12-14-8-6-13(7-9-14)10-11-17-15-4-2-1-3-5-15/h1-9,16H,10-12H2. The second-order valence-electron chi connectivity index (χ2n) is 3.89. The Morgan fingerprint density at radius 3 is 2.12 bits per heavy atom. The van der Waals surface area contributed by atoms with Gasteiger partial charge >= 0.3 is 0 Å². The van der Waals surface area contributed by atoms with E-state index in [4.69, 9.17) is 9.84 Å². The molecule has 0 aliphatic carbocycles. The molecular formula is C15H16O2. The maximum Gasteiger partial charge on any atom is 0.119 e. The highest BCUT2D eigenvalue weighted by molar-refractivity contribution is 5.23. The molecule has 0 radical (unpaired) electrons. The van der Waals surface area contributed by atoms with Crippen LogP contribution in [-0.2, 0) is 13.0 Å². The van der Waals surface area contributed by atoms with Crippen LogP contribution in [0, 0.1) is 0 Å². The predicted molar refractivity (Wildman–Crippen MR) is 68.0 cm³/mol. The van der Waals surface area contributed by atoms with Gasteiger partial charge in [0.15, 0.2) is 0 Å². The van der Waals surface area contributed by atoms with Crippen LogP contribution in [0.2, 0.25) is 0 Å². The van der Waals surface area contributed by atoms with Crippen molar-refractivity contribution in [2.75, 3.05) is 6.61 Å². The smallest absolute Gasteiger partial charge is 0.119 e. The zero-order valence-electron chi connectivity index (χ0n) is 9.67. The van der Waals surface area contributed by atoms with Gasteiger partial charge in [0.05, 0.1) is 13.2 Å². The molecule has 0 spiro atoms. The van der Waals surface area contributed by atoms with Gasteiger partial charge in [0.1, 0.15) is 5.75 Å². The Hall–Kier alpha value is -1.80. The summed E-state index contributed by atoms with van der Waals surface area (Å²) in [5.41, 5.74) is 2.16. The Bertz CT molecular complexity index is 434. The van der Waals surface area contributed by atoms with Crippen molar-refractivity contribution >= 4 is 0 Å². The predicted octanol–water partition coefficient (Wildman–Crippen LogP) is 2.80. The van der Waals surface area contributed by atoms with Crippen molar-refractivity contribution in [3.05, 3.63) is 65.7 Å². The normalized spacial score (nSPS) is 10.2. The summed E-state index contributed by atoms with van der Waals surface area (Å²) in [5.74, 6) is 0.902. The summed E-state index contributed by atoms with van der Waals surface area (Å²) >= 11 is 0. The van der Waals surface area contributed by atoms with Crippen molar-refractivity contribution < 1.29 is 9.84 Å². The number of ether oxygens (including phenoxy) is 1. The van der Waals surface area contributed by atoms with Gasteiger partial charge in [0.2, 0.25) is 0 Å². The first-order valence-electron chi connectivity index (χ1n) is 5.75. The van der Waals surface area contributed by atoms with Crippen LogP contribution in [0.1, 0.15) is 11.1 Å². The molecule has 0 saturated heterocycles. The lowest BCUT2D eigenvalue weighted by Crippen LogP contribution is -2.01. The fraction of sp³-hybridized carbons (Fsp3) is 0.200. The van der Waals surface area contributed by atoms with Crippen LogP contribution in [0.25, 0.3) is 0 Å². The van der Waals surface area contributed by atoms with E-state index in [-0.39, 0.29) is 6.61 Å². The monoisotopic (exact) mass is 228 g/mol. The molecule has 2 aromatic carbocycles. The number of hydrogen-bond acceptors (Lipinski definition) is 2.